The smallest absolute Gasteiger partial charge is 0.257 e. The van der Waals surface area contributed by atoms with Crippen LogP contribution in [0.15, 0.2) is 54.6 Å². The second-order valence-corrected chi connectivity index (χ2v) is 6.00. The molecule has 1 heterocycles. The Hall–Kier alpha value is -2.59. The molecule has 0 radical (unpaired) electrons. The summed E-state index contributed by atoms with van der Waals surface area (Å²) in [6, 6.07) is 17.2. The van der Waals surface area contributed by atoms with Crippen molar-refractivity contribution in [3.05, 3.63) is 82.1 Å². The Bertz CT molecular complexity index is 843. The maximum Gasteiger partial charge on any atom is 0.257 e. The van der Waals surface area contributed by atoms with Crippen LogP contribution in [-0.2, 0) is 12.8 Å². The van der Waals surface area contributed by atoms with E-state index in [-0.39, 0.29) is 5.91 Å². The van der Waals surface area contributed by atoms with Crippen LogP contribution in [0.3, 0.4) is 0 Å². The number of hydrogen-bond donors (Lipinski definition) is 2. The van der Waals surface area contributed by atoms with Crippen LogP contribution < -0.4 is 5.32 Å². The molecule has 1 amide bonds. The predicted octanol–water partition coefficient (Wildman–Crippen LogP) is 4.41. The van der Waals surface area contributed by atoms with Crippen molar-refractivity contribution in [1.29, 1.82) is 0 Å². The van der Waals surface area contributed by atoms with Crippen LogP contribution >= 0.6 is 11.6 Å². The van der Waals surface area contributed by atoms with Gasteiger partial charge in [0.15, 0.2) is 0 Å². The monoisotopic (exact) mass is 339 g/mol. The lowest BCUT2D eigenvalue weighted by Crippen LogP contribution is -2.14. The van der Waals surface area contributed by atoms with E-state index in [1.54, 1.807) is 24.3 Å². The van der Waals surface area contributed by atoms with Crippen molar-refractivity contribution in [2.45, 2.75) is 19.8 Å². The van der Waals surface area contributed by atoms with Crippen LogP contribution in [-0.4, -0.2) is 16.1 Å². The lowest BCUT2D eigenvalue weighted by molar-refractivity contribution is 0.102. The molecule has 2 N–H and O–H groups in total. The molecule has 5 heteroatoms. The molecule has 0 saturated carbocycles. The highest BCUT2D eigenvalue weighted by molar-refractivity contribution is 6.34. The van der Waals surface area contributed by atoms with E-state index in [2.05, 4.69) is 27.6 Å². The zero-order valence-corrected chi connectivity index (χ0v) is 14.1. The van der Waals surface area contributed by atoms with Gasteiger partial charge in [0.05, 0.1) is 27.7 Å². The van der Waals surface area contributed by atoms with Crippen LogP contribution in [0.2, 0.25) is 5.02 Å². The molecule has 0 aliphatic carbocycles. The maximum atomic E-state index is 12.5. The summed E-state index contributed by atoms with van der Waals surface area (Å²) >= 11 is 6.10. The Balaban J connectivity index is 1.75. The zero-order chi connectivity index (χ0) is 16.9. The van der Waals surface area contributed by atoms with E-state index in [0.717, 1.165) is 29.9 Å². The number of halogens is 1. The molecule has 0 spiro atoms. The van der Waals surface area contributed by atoms with Crippen molar-refractivity contribution in [2.24, 2.45) is 0 Å². The van der Waals surface area contributed by atoms with Gasteiger partial charge in [-0.15, -0.1) is 0 Å². The number of rotatable bonds is 5. The molecular formula is C19H18ClN3O. The average Bonchev–Trinajstić information content (AvgIpc) is 2.94. The molecule has 3 aromatic rings. The number of carbonyl (C=O) groups is 1. The molecule has 122 valence electrons. The number of anilines is 1. The molecule has 0 unspecified atom stereocenters. The van der Waals surface area contributed by atoms with Gasteiger partial charge in [-0.25, -0.2) is 0 Å². The van der Waals surface area contributed by atoms with Gasteiger partial charge >= 0.3 is 0 Å². The minimum absolute atomic E-state index is 0.230. The Labute approximate surface area is 145 Å². The zero-order valence-electron chi connectivity index (χ0n) is 13.3. The Morgan fingerprint density at radius 1 is 1.08 bits per heavy atom. The number of nitrogens with one attached hydrogen (secondary N) is 2. The van der Waals surface area contributed by atoms with Crippen LogP contribution in [0.5, 0.6) is 0 Å². The van der Waals surface area contributed by atoms with Crippen molar-refractivity contribution < 1.29 is 4.79 Å². The van der Waals surface area contributed by atoms with Gasteiger partial charge in [0, 0.05) is 0 Å². The highest BCUT2D eigenvalue weighted by atomic mass is 35.5. The van der Waals surface area contributed by atoms with Gasteiger partial charge in [0.1, 0.15) is 0 Å². The van der Waals surface area contributed by atoms with Crippen LogP contribution in [0.25, 0.3) is 0 Å². The lowest BCUT2D eigenvalue weighted by atomic mass is 10.1. The number of nitrogens with zero attached hydrogens (tertiary/aromatic N) is 1. The Morgan fingerprint density at radius 3 is 2.54 bits per heavy atom. The first-order chi connectivity index (χ1) is 11.6. The third-order valence-electron chi connectivity index (χ3n) is 3.87. The summed E-state index contributed by atoms with van der Waals surface area (Å²) in [5.74, 6) is -0.230. The fourth-order valence-electron chi connectivity index (χ4n) is 2.56. The minimum Gasteiger partial charge on any atom is -0.319 e. The molecule has 0 fully saturated rings. The van der Waals surface area contributed by atoms with E-state index in [1.165, 1.54) is 5.56 Å². The van der Waals surface area contributed by atoms with Crippen molar-refractivity contribution in [2.75, 3.05) is 5.32 Å². The second-order valence-electron chi connectivity index (χ2n) is 5.59. The topological polar surface area (TPSA) is 57.8 Å². The summed E-state index contributed by atoms with van der Waals surface area (Å²) in [5, 5.41) is 10.6. The van der Waals surface area contributed by atoms with E-state index < -0.39 is 0 Å². The fraction of sp³-hybridized carbons (Fsp3) is 0.158. The van der Waals surface area contributed by atoms with Crippen molar-refractivity contribution in [3.63, 3.8) is 0 Å². The highest BCUT2D eigenvalue weighted by Gasteiger charge is 2.16. The summed E-state index contributed by atoms with van der Waals surface area (Å²) in [7, 11) is 0. The standard InChI is InChI=1S/C19H18ClN3O/c1-13-18(21-19(24)15-9-5-6-10-16(15)20)17(23-22-13)12-11-14-7-3-2-4-8-14/h2-10H,11-12H2,1H3,(H,21,24)(H,22,23). The largest absolute Gasteiger partial charge is 0.319 e. The van der Waals surface area contributed by atoms with Crippen molar-refractivity contribution in [3.8, 4) is 0 Å². The highest BCUT2D eigenvalue weighted by Crippen LogP contribution is 2.22. The van der Waals surface area contributed by atoms with Crippen LogP contribution in [0.4, 0.5) is 5.69 Å². The number of aryl methyl sites for hydroxylation is 3. The Kier molecular flexibility index (Phi) is 4.96. The molecular weight excluding hydrogens is 322 g/mol. The number of benzene rings is 2. The van der Waals surface area contributed by atoms with Gasteiger partial charge in [-0.2, -0.15) is 5.10 Å². The van der Waals surface area contributed by atoms with Gasteiger partial charge in [-0.05, 0) is 37.5 Å². The van der Waals surface area contributed by atoms with Crippen molar-refractivity contribution in [1.82, 2.24) is 10.2 Å². The molecule has 0 atom stereocenters. The molecule has 0 aliphatic rings. The Morgan fingerprint density at radius 2 is 1.79 bits per heavy atom. The van der Waals surface area contributed by atoms with E-state index in [1.807, 2.05) is 25.1 Å². The SMILES string of the molecule is Cc1[nH]nc(CCc2ccccc2)c1NC(=O)c1ccccc1Cl. The molecule has 24 heavy (non-hydrogen) atoms. The first kappa shape index (κ1) is 16.3. The third kappa shape index (κ3) is 3.66. The van der Waals surface area contributed by atoms with Gasteiger partial charge in [-0.3, -0.25) is 9.89 Å². The number of aromatic nitrogens is 2. The van der Waals surface area contributed by atoms with Gasteiger partial charge in [-0.1, -0.05) is 54.1 Å². The number of H-pyrrole nitrogens is 1. The third-order valence-corrected chi connectivity index (χ3v) is 4.20. The molecule has 4 nitrogen and oxygen atoms in total. The first-order valence-electron chi connectivity index (χ1n) is 7.79. The first-order valence-corrected chi connectivity index (χ1v) is 8.16. The molecule has 3 rings (SSSR count). The van der Waals surface area contributed by atoms with Gasteiger partial charge in [0.2, 0.25) is 0 Å². The van der Waals surface area contributed by atoms with Crippen molar-refractivity contribution >= 4 is 23.2 Å². The van der Waals surface area contributed by atoms with E-state index >= 15 is 0 Å². The molecule has 2 aromatic carbocycles. The maximum absolute atomic E-state index is 12.5. The normalized spacial score (nSPS) is 10.6. The number of aromatic amines is 1. The summed E-state index contributed by atoms with van der Waals surface area (Å²) in [4.78, 5) is 12.5. The summed E-state index contributed by atoms with van der Waals surface area (Å²) in [5.41, 5.74) is 4.10. The minimum atomic E-state index is -0.230. The summed E-state index contributed by atoms with van der Waals surface area (Å²) in [6.45, 7) is 1.89. The van der Waals surface area contributed by atoms with Crippen LogP contribution in [0.1, 0.15) is 27.3 Å². The van der Waals surface area contributed by atoms with Crippen LogP contribution in [0, 0.1) is 6.92 Å². The van der Waals surface area contributed by atoms with E-state index in [4.69, 9.17) is 11.6 Å². The summed E-state index contributed by atoms with van der Waals surface area (Å²) < 4.78 is 0. The molecule has 0 aliphatic heterocycles. The molecule has 1 aromatic heterocycles. The number of carbonyl (C=O) groups excluding carboxylic acids is 1. The number of amides is 1. The quantitative estimate of drug-likeness (QED) is 0.723. The average molecular weight is 340 g/mol. The second kappa shape index (κ2) is 7.32. The summed E-state index contributed by atoms with van der Waals surface area (Å²) in [6.07, 6.45) is 1.60. The van der Waals surface area contributed by atoms with E-state index in [0.29, 0.717) is 10.6 Å². The molecule has 0 bridgehead atoms. The van der Waals surface area contributed by atoms with Gasteiger partial charge in [0.25, 0.3) is 5.91 Å². The molecule has 0 saturated heterocycles. The van der Waals surface area contributed by atoms with E-state index in [9.17, 15) is 4.79 Å². The fourth-order valence-corrected chi connectivity index (χ4v) is 2.78. The lowest BCUT2D eigenvalue weighted by Gasteiger charge is -2.08. The number of hydrogen-bond acceptors (Lipinski definition) is 2. The predicted molar refractivity (Wildman–Crippen MR) is 96.6 cm³/mol. The van der Waals surface area contributed by atoms with Gasteiger partial charge < -0.3 is 5.32 Å².